The lowest BCUT2D eigenvalue weighted by atomic mass is 10.2. The first kappa shape index (κ1) is 27.6. The maximum Gasteiger partial charge on any atom is 0.347 e. The summed E-state index contributed by atoms with van der Waals surface area (Å²) in [5.74, 6) is 0.779. The van der Waals surface area contributed by atoms with E-state index in [-0.39, 0.29) is 18.0 Å². The van der Waals surface area contributed by atoms with Gasteiger partial charge in [0.1, 0.15) is 11.3 Å². The van der Waals surface area contributed by atoms with E-state index in [4.69, 9.17) is 30.5 Å². The molecule has 11 heteroatoms. The number of esters is 1. The first-order chi connectivity index (χ1) is 18.7. The van der Waals surface area contributed by atoms with Crippen LogP contribution in [0.1, 0.15) is 19.4 Å². The molecule has 0 aliphatic heterocycles. The van der Waals surface area contributed by atoms with Crippen molar-refractivity contribution in [2.75, 3.05) is 6.61 Å². The van der Waals surface area contributed by atoms with Gasteiger partial charge in [0.15, 0.2) is 11.9 Å². The summed E-state index contributed by atoms with van der Waals surface area (Å²) < 4.78 is 19.7. The Morgan fingerprint density at radius 3 is 2.64 bits per heavy atom. The Bertz CT molecular complexity index is 1790. The van der Waals surface area contributed by atoms with Crippen LogP contribution >= 0.6 is 56.8 Å². The van der Waals surface area contributed by atoms with E-state index in [1.165, 1.54) is 4.68 Å². The highest BCUT2D eigenvalue weighted by Gasteiger charge is 2.20. The summed E-state index contributed by atoms with van der Waals surface area (Å²) in [5.41, 5.74) is 1.54. The van der Waals surface area contributed by atoms with Crippen LogP contribution in [0.25, 0.3) is 33.5 Å². The number of hydrogen-bond acceptors (Lipinski definition) is 7. The lowest BCUT2D eigenvalue weighted by molar-refractivity contribution is -0.150. The van der Waals surface area contributed by atoms with E-state index in [1.807, 2.05) is 18.2 Å². The molecule has 0 spiro atoms. The highest BCUT2D eigenvalue weighted by Crippen LogP contribution is 2.31. The molecule has 0 saturated carbocycles. The van der Waals surface area contributed by atoms with Crippen LogP contribution in [0.5, 0.6) is 5.75 Å². The van der Waals surface area contributed by atoms with Gasteiger partial charge in [-0.05, 0) is 113 Å². The van der Waals surface area contributed by atoms with Gasteiger partial charge in [-0.2, -0.15) is 9.78 Å². The molecule has 2 aromatic heterocycles. The van der Waals surface area contributed by atoms with Gasteiger partial charge in [-0.25, -0.2) is 9.78 Å². The lowest BCUT2D eigenvalue weighted by Crippen LogP contribution is -2.26. The molecule has 5 aromatic rings. The van der Waals surface area contributed by atoms with Crippen LogP contribution in [0.4, 0.5) is 0 Å². The Kier molecular flexibility index (Phi) is 8.24. The molecule has 0 unspecified atom stereocenters. The van der Waals surface area contributed by atoms with E-state index in [9.17, 15) is 9.59 Å². The van der Waals surface area contributed by atoms with Crippen LogP contribution in [0.2, 0.25) is 5.02 Å². The minimum absolute atomic E-state index is 0.259. The van der Waals surface area contributed by atoms with Crippen molar-refractivity contribution < 1.29 is 18.7 Å². The molecule has 8 nitrogen and oxygen atoms in total. The van der Waals surface area contributed by atoms with Crippen molar-refractivity contribution in [3.05, 3.63) is 88.7 Å². The number of carbonyl (C=O) groups excluding carboxylic acids is 1. The minimum atomic E-state index is -0.755. The van der Waals surface area contributed by atoms with Crippen LogP contribution in [0, 0.1) is 7.14 Å². The van der Waals surface area contributed by atoms with Gasteiger partial charge in [0.05, 0.1) is 30.9 Å². The minimum Gasteiger partial charge on any atom is -0.477 e. The monoisotopic (exact) mass is 767 g/mol. The van der Waals surface area contributed by atoms with E-state index in [0.717, 1.165) is 18.1 Å². The van der Waals surface area contributed by atoms with Crippen LogP contribution in [0.3, 0.4) is 0 Å². The van der Waals surface area contributed by atoms with Crippen LogP contribution in [0.15, 0.2) is 75.0 Å². The predicted octanol–water partition coefficient (Wildman–Crippen LogP) is 6.88. The number of carbonyl (C=O) groups is 1. The van der Waals surface area contributed by atoms with Gasteiger partial charge in [0.2, 0.25) is 5.82 Å². The third-order valence-electron chi connectivity index (χ3n) is 5.71. The van der Waals surface area contributed by atoms with Gasteiger partial charge < -0.3 is 13.9 Å². The second kappa shape index (κ2) is 11.6. The number of ether oxygens (including phenoxy) is 2. The zero-order valence-corrected chi connectivity index (χ0v) is 25.7. The van der Waals surface area contributed by atoms with Gasteiger partial charge in [-0.1, -0.05) is 23.7 Å². The fourth-order valence-corrected chi connectivity index (χ4v) is 6.14. The molecule has 39 heavy (non-hydrogen) atoms. The van der Waals surface area contributed by atoms with Gasteiger partial charge in [-0.15, -0.1) is 0 Å². The molecule has 0 aliphatic carbocycles. The molecule has 0 N–H and O–H groups in total. The zero-order valence-electron chi connectivity index (χ0n) is 20.7. The van der Waals surface area contributed by atoms with Crippen molar-refractivity contribution in [1.82, 2.24) is 9.66 Å². The molecule has 0 radical (unpaired) electrons. The summed E-state index contributed by atoms with van der Waals surface area (Å²) >= 11 is 10.4. The van der Waals surface area contributed by atoms with E-state index in [0.29, 0.717) is 33.0 Å². The number of rotatable bonds is 7. The number of aromatic nitrogens is 2. The van der Waals surface area contributed by atoms with E-state index >= 15 is 0 Å². The first-order valence-electron chi connectivity index (χ1n) is 11.8. The topological polar surface area (TPSA) is 95.9 Å². The number of fused-ring (bicyclic) bond motifs is 2. The Morgan fingerprint density at radius 2 is 1.90 bits per heavy atom. The highest BCUT2D eigenvalue weighted by atomic mass is 127. The molecular weight excluding hydrogens is 748 g/mol. The lowest BCUT2D eigenvalue weighted by Gasteiger charge is -2.16. The molecule has 0 saturated heterocycles. The summed E-state index contributed by atoms with van der Waals surface area (Å²) in [4.78, 5) is 30.2. The Labute approximate surface area is 255 Å². The average molecular weight is 768 g/mol. The SMILES string of the molecule is CCOC(=O)[C@@H](C)Oc1c(I)cc(C=Nn2c(-c3cc4cc(Cl)ccc4o3)nc3ccccc3c2=O)cc1I. The average Bonchev–Trinajstić information content (AvgIpc) is 3.33. The number of halogens is 3. The quantitative estimate of drug-likeness (QED) is 0.102. The van der Waals surface area contributed by atoms with Crippen LogP contribution < -0.4 is 10.3 Å². The smallest absolute Gasteiger partial charge is 0.347 e. The number of nitrogens with zero attached hydrogens (tertiary/aromatic N) is 3. The molecule has 0 aliphatic rings. The summed E-state index contributed by atoms with van der Waals surface area (Å²) in [6.45, 7) is 3.67. The molecule has 1 atom stereocenters. The van der Waals surface area contributed by atoms with Gasteiger partial charge >= 0.3 is 5.97 Å². The fourth-order valence-electron chi connectivity index (χ4n) is 3.89. The van der Waals surface area contributed by atoms with Crippen molar-refractivity contribution in [1.29, 1.82) is 0 Å². The van der Waals surface area contributed by atoms with E-state index < -0.39 is 12.1 Å². The molecule has 0 fully saturated rings. The largest absolute Gasteiger partial charge is 0.477 e. The zero-order chi connectivity index (χ0) is 27.7. The Morgan fingerprint density at radius 1 is 1.15 bits per heavy atom. The molecule has 0 amide bonds. The molecule has 5 rings (SSSR count). The molecule has 198 valence electrons. The molecular formula is C28H20ClI2N3O5. The molecule has 3 aromatic carbocycles. The highest BCUT2D eigenvalue weighted by molar-refractivity contribution is 14.1. The maximum absolute atomic E-state index is 13.5. The van der Waals surface area contributed by atoms with Crippen LogP contribution in [-0.4, -0.2) is 34.6 Å². The summed E-state index contributed by atoms with van der Waals surface area (Å²) in [6.07, 6.45) is 0.819. The van der Waals surface area contributed by atoms with Crippen LogP contribution in [-0.2, 0) is 9.53 Å². The maximum atomic E-state index is 13.5. The number of hydrogen-bond donors (Lipinski definition) is 0. The third kappa shape index (κ3) is 5.82. The Balaban J connectivity index is 1.56. The van der Waals surface area contributed by atoms with Gasteiger partial charge in [-0.3, -0.25) is 4.79 Å². The third-order valence-corrected chi connectivity index (χ3v) is 7.55. The normalized spacial score (nSPS) is 12.3. The summed E-state index contributed by atoms with van der Waals surface area (Å²) in [5, 5.41) is 6.31. The summed E-state index contributed by atoms with van der Waals surface area (Å²) in [7, 11) is 0. The van der Waals surface area contributed by atoms with Crippen molar-refractivity contribution >= 4 is 90.8 Å². The van der Waals surface area contributed by atoms with Crippen molar-refractivity contribution in [2.24, 2.45) is 5.10 Å². The number of benzene rings is 3. The predicted molar refractivity (Wildman–Crippen MR) is 168 cm³/mol. The molecule has 2 heterocycles. The van der Waals surface area contributed by atoms with E-state index in [2.05, 4.69) is 50.3 Å². The first-order valence-corrected chi connectivity index (χ1v) is 14.4. The number of furan rings is 1. The second-order valence-electron chi connectivity index (χ2n) is 8.43. The molecule has 0 bridgehead atoms. The fraction of sp³-hybridized carbons (Fsp3) is 0.143. The van der Waals surface area contributed by atoms with Crippen molar-refractivity contribution in [3.63, 3.8) is 0 Å². The van der Waals surface area contributed by atoms with Gasteiger partial charge in [0, 0.05) is 10.4 Å². The summed E-state index contributed by atoms with van der Waals surface area (Å²) in [6, 6.07) is 17.9. The van der Waals surface area contributed by atoms with Crippen molar-refractivity contribution in [3.8, 4) is 17.3 Å². The van der Waals surface area contributed by atoms with Gasteiger partial charge in [0.25, 0.3) is 5.56 Å². The van der Waals surface area contributed by atoms with E-state index in [1.54, 1.807) is 62.5 Å². The van der Waals surface area contributed by atoms with Crippen molar-refractivity contribution in [2.45, 2.75) is 20.0 Å². The Hall–Kier alpha value is -2.97. The number of para-hydroxylation sites is 1. The second-order valence-corrected chi connectivity index (χ2v) is 11.2. The standard InChI is InChI=1S/C28H20ClI2N3O5/c1-3-37-28(36)15(2)38-25-20(30)10-16(11-21(25)31)14-32-34-26(33-22-7-5-4-6-19(22)27(34)35)24-13-17-12-18(29)8-9-23(17)39-24/h4-15H,3H2,1-2H3/t15-/m1/s1.